The van der Waals surface area contributed by atoms with Crippen molar-refractivity contribution in [3.8, 4) is 0 Å². The summed E-state index contributed by atoms with van der Waals surface area (Å²) in [6, 6.07) is 7.51. The van der Waals surface area contributed by atoms with E-state index in [1.54, 1.807) is 12.2 Å². The van der Waals surface area contributed by atoms with E-state index in [4.69, 9.17) is 21.8 Å². The van der Waals surface area contributed by atoms with Gasteiger partial charge in [-0.3, -0.25) is 0 Å². The molecule has 5 heteroatoms. The zero-order chi connectivity index (χ0) is 10.7. The summed E-state index contributed by atoms with van der Waals surface area (Å²) in [5, 5.41) is 7.88. The number of nitrogens with two attached hydrogens (primary N) is 1. The van der Waals surface area contributed by atoms with Crippen molar-refractivity contribution in [1.29, 1.82) is 0 Å². The fourth-order valence-corrected chi connectivity index (χ4v) is 1.28. The van der Waals surface area contributed by atoms with E-state index in [1.165, 1.54) is 0 Å². The van der Waals surface area contributed by atoms with Gasteiger partial charge in [-0.05, 0) is 17.7 Å². The van der Waals surface area contributed by atoms with E-state index in [-0.39, 0.29) is 6.01 Å². The number of benzene rings is 1. The lowest BCUT2D eigenvalue weighted by Gasteiger charge is -1.94. The summed E-state index contributed by atoms with van der Waals surface area (Å²) in [4.78, 5) is 0. The molecule has 0 bridgehead atoms. The molecule has 15 heavy (non-hydrogen) atoms. The number of hydrogen-bond acceptors (Lipinski definition) is 4. The van der Waals surface area contributed by atoms with E-state index >= 15 is 0 Å². The summed E-state index contributed by atoms with van der Waals surface area (Å²) in [7, 11) is 0. The number of anilines is 1. The maximum atomic E-state index is 5.95. The molecule has 0 fully saturated rings. The fraction of sp³-hybridized carbons (Fsp3) is 0. The molecule has 2 N–H and O–H groups in total. The topological polar surface area (TPSA) is 64.9 Å². The Morgan fingerprint density at radius 2 is 2.00 bits per heavy atom. The van der Waals surface area contributed by atoms with Gasteiger partial charge in [-0.25, -0.2) is 0 Å². The Hall–Kier alpha value is -1.81. The second-order valence-electron chi connectivity index (χ2n) is 2.83. The lowest BCUT2D eigenvalue weighted by molar-refractivity contribution is 0.563. The Bertz CT molecular complexity index is 493. The maximum absolute atomic E-state index is 5.95. The minimum absolute atomic E-state index is 0.0498. The second-order valence-corrected chi connectivity index (χ2v) is 3.24. The average molecular weight is 222 g/mol. The lowest BCUT2D eigenvalue weighted by atomic mass is 10.2. The molecule has 76 valence electrons. The monoisotopic (exact) mass is 221 g/mol. The van der Waals surface area contributed by atoms with Gasteiger partial charge < -0.3 is 10.2 Å². The molecule has 0 aliphatic rings. The molecule has 0 saturated carbocycles. The number of aromatic nitrogens is 2. The first kappa shape index (κ1) is 9.73. The second kappa shape index (κ2) is 4.14. The maximum Gasteiger partial charge on any atom is 0.313 e. The molecule has 0 aliphatic carbocycles. The van der Waals surface area contributed by atoms with Crippen molar-refractivity contribution >= 4 is 29.8 Å². The van der Waals surface area contributed by atoms with Crippen LogP contribution in [-0.4, -0.2) is 10.2 Å². The summed E-state index contributed by atoms with van der Waals surface area (Å²) in [6.07, 6.45) is 3.44. The van der Waals surface area contributed by atoms with Crippen LogP contribution in [0.15, 0.2) is 28.7 Å². The van der Waals surface area contributed by atoms with Crippen molar-refractivity contribution in [3.63, 3.8) is 0 Å². The van der Waals surface area contributed by atoms with E-state index in [2.05, 4.69) is 10.2 Å². The highest BCUT2D eigenvalue weighted by Gasteiger charge is 1.98. The van der Waals surface area contributed by atoms with E-state index in [1.807, 2.05) is 24.3 Å². The van der Waals surface area contributed by atoms with Gasteiger partial charge in [0, 0.05) is 11.1 Å². The number of nitrogen functional groups attached to an aromatic ring is 1. The van der Waals surface area contributed by atoms with Crippen LogP contribution in [0.1, 0.15) is 11.5 Å². The van der Waals surface area contributed by atoms with Crippen LogP contribution in [0.2, 0.25) is 5.02 Å². The third-order valence-corrected chi connectivity index (χ3v) is 2.11. The predicted octanol–water partition coefficient (Wildman–Crippen LogP) is 2.48. The van der Waals surface area contributed by atoms with Crippen molar-refractivity contribution in [3.05, 3.63) is 40.7 Å². The van der Waals surface area contributed by atoms with Gasteiger partial charge >= 0.3 is 6.01 Å². The number of halogens is 1. The number of rotatable bonds is 2. The van der Waals surface area contributed by atoms with E-state index < -0.39 is 0 Å². The molecule has 0 amide bonds. The molecule has 0 aliphatic heterocycles. The highest BCUT2D eigenvalue weighted by molar-refractivity contribution is 6.32. The van der Waals surface area contributed by atoms with Crippen LogP contribution in [-0.2, 0) is 0 Å². The van der Waals surface area contributed by atoms with Crippen LogP contribution in [0.25, 0.3) is 12.2 Å². The largest absolute Gasteiger partial charge is 0.404 e. The first-order valence-corrected chi connectivity index (χ1v) is 4.65. The highest BCUT2D eigenvalue weighted by atomic mass is 35.5. The molecule has 1 aromatic heterocycles. The number of hydrogen-bond donors (Lipinski definition) is 1. The molecule has 1 heterocycles. The molecule has 0 unspecified atom stereocenters. The average Bonchev–Trinajstić information content (AvgIpc) is 2.63. The molecule has 2 rings (SSSR count). The molecular formula is C10H8ClN3O. The van der Waals surface area contributed by atoms with Crippen molar-refractivity contribution in [2.45, 2.75) is 0 Å². The van der Waals surface area contributed by atoms with Crippen LogP contribution in [0.4, 0.5) is 6.01 Å². The van der Waals surface area contributed by atoms with Gasteiger partial charge in [-0.2, -0.15) is 0 Å². The number of nitrogens with zero attached hydrogens (tertiary/aromatic N) is 2. The molecule has 2 aromatic rings. The summed E-state index contributed by atoms with van der Waals surface area (Å²) in [6.45, 7) is 0. The predicted molar refractivity (Wildman–Crippen MR) is 59.1 cm³/mol. The Balaban J connectivity index is 2.22. The zero-order valence-electron chi connectivity index (χ0n) is 7.72. The molecule has 0 radical (unpaired) electrons. The standard InChI is InChI=1S/C10H8ClN3O/c11-8-4-2-1-3-7(8)5-6-9-13-14-10(12)15-9/h1-6H,(H2,12,14)/b6-5+. The first-order chi connectivity index (χ1) is 7.25. The molecule has 4 nitrogen and oxygen atoms in total. The Labute approximate surface area is 91.4 Å². The molecule has 0 atom stereocenters. The van der Waals surface area contributed by atoms with Crippen LogP contribution in [0.3, 0.4) is 0 Å². The van der Waals surface area contributed by atoms with Gasteiger partial charge in [0.1, 0.15) is 0 Å². The van der Waals surface area contributed by atoms with Gasteiger partial charge in [0.2, 0.25) is 5.89 Å². The van der Waals surface area contributed by atoms with Gasteiger partial charge in [0.05, 0.1) is 0 Å². The van der Waals surface area contributed by atoms with E-state index in [0.717, 1.165) is 5.56 Å². The third-order valence-electron chi connectivity index (χ3n) is 1.77. The quantitative estimate of drug-likeness (QED) is 0.846. The fourth-order valence-electron chi connectivity index (χ4n) is 1.09. The Kier molecular flexibility index (Phi) is 2.69. The van der Waals surface area contributed by atoms with Crippen LogP contribution in [0.5, 0.6) is 0 Å². The van der Waals surface area contributed by atoms with Gasteiger partial charge in [0.25, 0.3) is 0 Å². The third kappa shape index (κ3) is 2.35. The van der Waals surface area contributed by atoms with Gasteiger partial charge in [-0.15, -0.1) is 5.10 Å². The van der Waals surface area contributed by atoms with E-state index in [9.17, 15) is 0 Å². The summed E-state index contributed by atoms with van der Waals surface area (Å²) in [5.74, 6) is 0.354. The Morgan fingerprint density at radius 1 is 1.20 bits per heavy atom. The summed E-state index contributed by atoms with van der Waals surface area (Å²) in [5.41, 5.74) is 6.16. The zero-order valence-corrected chi connectivity index (χ0v) is 8.48. The lowest BCUT2D eigenvalue weighted by Crippen LogP contribution is -1.81. The van der Waals surface area contributed by atoms with Gasteiger partial charge in [0.15, 0.2) is 0 Å². The molecular weight excluding hydrogens is 214 g/mol. The summed E-state index contributed by atoms with van der Waals surface area (Å²) >= 11 is 5.95. The molecule has 1 aromatic carbocycles. The Morgan fingerprint density at radius 3 is 2.67 bits per heavy atom. The van der Waals surface area contributed by atoms with Crippen LogP contribution >= 0.6 is 11.6 Å². The minimum Gasteiger partial charge on any atom is -0.404 e. The van der Waals surface area contributed by atoms with Crippen LogP contribution in [0, 0.1) is 0 Å². The van der Waals surface area contributed by atoms with Crippen molar-refractivity contribution < 1.29 is 4.42 Å². The van der Waals surface area contributed by atoms with Crippen molar-refractivity contribution in [1.82, 2.24) is 10.2 Å². The van der Waals surface area contributed by atoms with E-state index in [0.29, 0.717) is 10.9 Å². The first-order valence-electron chi connectivity index (χ1n) is 4.27. The highest BCUT2D eigenvalue weighted by Crippen LogP contribution is 2.17. The normalized spacial score (nSPS) is 11.0. The van der Waals surface area contributed by atoms with Crippen molar-refractivity contribution in [2.24, 2.45) is 0 Å². The SMILES string of the molecule is Nc1nnc(/C=C/c2ccccc2Cl)o1. The molecule has 0 saturated heterocycles. The van der Waals surface area contributed by atoms with Crippen LogP contribution < -0.4 is 5.73 Å². The minimum atomic E-state index is 0.0498. The smallest absolute Gasteiger partial charge is 0.313 e. The van der Waals surface area contributed by atoms with Crippen molar-refractivity contribution in [2.75, 3.05) is 5.73 Å². The molecule has 0 spiro atoms. The summed E-state index contributed by atoms with van der Waals surface area (Å²) < 4.78 is 4.97. The van der Waals surface area contributed by atoms with Gasteiger partial charge in [-0.1, -0.05) is 34.9 Å².